The minimum atomic E-state index is -1.67. The van der Waals surface area contributed by atoms with Crippen LogP contribution in [0.1, 0.15) is 11.4 Å². The highest BCUT2D eigenvalue weighted by molar-refractivity contribution is 6.70. The third-order valence-electron chi connectivity index (χ3n) is 2.51. The molecule has 0 aliphatic carbocycles. The normalized spacial score (nSPS) is 11.8. The number of nitrogens with zero attached hydrogens (tertiary/aromatic N) is 3. The number of rotatable bonds is 4. The third kappa shape index (κ3) is 3.99. The van der Waals surface area contributed by atoms with Crippen molar-refractivity contribution in [2.75, 3.05) is 0 Å². The molecule has 1 aromatic carbocycles. The second-order valence-corrected chi connectivity index (χ2v) is 9.93. The second-order valence-electron chi connectivity index (χ2n) is 5.50. The van der Waals surface area contributed by atoms with Crippen molar-refractivity contribution in [1.82, 2.24) is 9.97 Å². The monoisotopic (exact) mass is 285 g/mol. The fourth-order valence-electron chi connectivity index (χ4n) is 1.71. The van der Waals surface area contributed by atoms with Crippen LogP contribution in [0, 0.1) is 6.92 Å². The van der Waals surface area contributed by atoms with E-state index in [9.17, 15) is 0 Å². The van der Waals surface area contributed by atoms with Gasteiger partial charge in [-0.1, -0.05) is 12.1 Å². The van der Waals surface area contributed by atoms with Crippen LogP contribution in [0.5, 0.6) is 5.75 Å². The molecule has 0 N–H and O–H groups in total. The highest BCUT2D eigenvalue weighted by Gasteiger charge is 2.18. The summed E-state index contributed by atoms with van der Waals surface area (Å²) in [6.07, 6.45) is 5.07. The third-order valence-corrected chi connectivity index (χ3v) is 3.34. The molecule has 0 aliphatic rings. The lowest BCUT2D eigenvalue weighted by Crippen LogP contribution is -2.29. The van der Waals surface area contributed by atoms with Gasteiger partial charge in [-0.15, -0.1) is 0 Å². The number of benzene rings is 1. The molecule has 0 bridgehead atoms. The molecule has 1 aromatic heterocycles. The Morgan fingerprint density at radius 2 is 1.80 bits per heavy atom. The summed E-state index contributed by atoms with van der Waals surface area (Å²) in [6, 6.07) is 7.76. The van der Waals surface area contributed by atoms with E-state index in [0.29, 0.717) is 5.82 Å². The summed E-state index contributed by atoms with van der Waals surface area (Å²) in [4.78, 5) is 12.8. The quantitative estimate of drug-likeness (QED) is 0.635. The van der Waals surface area contributed by atoms with E-state index in [0.717, 1.165) is 17.0 Å². The summed E-state index contributed by atoms with van der Waals surface area (Å²) in [5, 5.41) is 0. The molecule has 0 fully saturated rings. The SMILES string of the molecule is Cc1cccc(O[Si](C)(C)C)c1/N=C/c1ncccn1. The first-order valence-electron chi connectivity index (χ1n) is 6.55. The fourth-order valence-corrected chi connectivity index (χ4v) is 2.53. The molecule has 0 radical (unpaired) electrons. The van der Waals surface area contributed by atoms with E-state index in [2.05, 4.69) is 34.6 Å². The van der Waals surface area contributed by atoms with Gasteiger partial charge in [0.15, 0.2) is 5.82 Å². The second kappa shape index (κ2) is 5.96. The van der Waals surface area contributed by atoms with Crippen molar-refractivity contribution in [3.05, 3.63) is 48.0 Å². The van der Waals surface area contributed by atoms with Crippen LogP contribution in [0.4, 0.5) is 5.69 Å². The van der Waals surface area contributed by atoms with E-state index in [4.69, 9.17) is 4.43 Å². The van der Waals surface area contributed by atoms with Gasteiger partial charge in [0.25, 0.3) is 0 Å². The Morgan fingerprint density at radius 1 is 1.10 bits per heavy atom. The minimum Gasteiger partial charge on any atom is -0.543 e. The van der Waals surface area contributed by atoms with E-state index in [-0.39, 0.29) is 0 Å². The molecular weight excluding hydrogens is 266 g/mol. The molecule has 0 saturated carbocycles. The van der Waals surface area contributed by atoms with E-state index in [1.807, 2.05) is 25.1 Å². The number of hydrogen-bond donors (Lipinski definition) is 0. The van der Waals surface area contributed by atoms with Crippen molar-refractivity contribution in [2.45, 2.75) is 26.6 Å². The summed E-state index contributed by atoms with van der Waals surface area (Å²) in [5.74, 6) is 1.42. The van der Waals surface area contributed by atoms with Crippen molar-refractivity contribution in [3.8, 4) is 5.75 Å². The van der Waals surface area contributed by atoms with Gasteiger partial charge in [-0.25, -0.2) is 15.0 Å². The van der Waals surface area contributed by atoms with Crippen LogP contribution < -0.4 is 4.43 Å². The van der Waals surface area contributed by atoms with Gasteiger partial charge in [0, 0.05) is 12.4 Å². The maximum atomic E-state index is 6.09. The summed E-state index contributed by atoms with van der Waals surface area (Å²) < 4.78 is 6.09. The highest BCUT2D eigenvalue weighted by atomic mass is 28.4. The van der Waals surface area contributed by atoms with Crippen LogP contribution in [-0.4, -0.2) is 24.5 Å². The van der Waals surface area contributed by atoms with Gasteiger partial charge in [0.1, 0.15) is 11.4 Å². The Bertz CT molecular complexity index is 606. The molecule has 2 rings (SSSR count). The molecule has 0 atom stereocenters. The van der Waals surface area contributed by atoms with Gasteiger partial charge in [0.05, 0.1) is 6.21 Å². The van der Waals surface area contributed by atoms with Crippen molar-refractivity contribution < 1.29 is 4.43 Å². The largest absolute Gasteiger partial charge is 0.543 e. The lowest BCUT2D eigenvalue weighted by molar-refractivity contribution is 0.558. The highest BCUT2D eigenvalue weighted by Crippen LogP contribution is 2.32. The number of aromatic nitrogens is 2. The lowest BCUT2D eigenvalue weighted by atomic mass is 10.2. The lowest BCUT2D eigenvalue weighted by Gasteiger charge is -2.21. The predicted octanol–water partition coefficient (Wildman–Crippen LogP) is 3.75. The van der Waals surface area contributed by atoms with E-state index < -0.39 is 8.32 Å². The number of para-hydroxylation sites is 1. The van der Waals surface area contributed by atoms with Crippen molar-refractivity contribution in [2.24, 2.45) is 4.99 Å². The van der Waals surface area contributed by atoms with Crippen molar-refractivity contribution >= 4 is 20.2 Å². The molecular formula is C15H19N3OSi. The smallest absolute Gasteiger partial charge is 0.242 e. The van der Waals surface area contributed by atoms with Crippen LogP contribution in [0.3, 0.4) is 0 Å². The topological polar surface area (TPSA) is 47.4 Å². The van der Waals surface area contributed by atoms with Crippen LogP contribution >= 0.6 is 0 Å². The average molecular weight is 285 g/mol. The average Bonchev–Trinajstić information content (AvgIpc) is 2.37. The van der Waals surface area contributed by atoms with E-state index >= 15 is 0 Å². The number of aliphatic imine (C=N–C) groups is 1. The van der Waals surface area contributed by atoms with E-state index in [1.165, 1.54) is 0 Å². The molecule has 0 amide bonds. The van der Waals surface area contributed by atoms with Gasteiger partial charge >= 0.3 is 0 Å². The molecule has 0 spiro atoms. The predicted molar refractivity (Wildman–Crippen MR) is 84.4 cm³/mol. The maximum Gasteiger partial charge on any atom is 0.242 e. The molecule has 0 aliphatic heterocycles. The van der Waals surface area contributed by atoms with Gasteiger partial charge in [0.2, 0.25) is 8.32 Å². The standard InChI is InChI=1S/C15H19N3OSi/c1-12-7-5-8-13(19-20(2,3)4)15(12)18-11-14-16-9-6-10-17-14/h5-11H,1-4H3/b18-11+. The summed E-state index contributed by atoms with van der Waals surface area (Å²) in [5.41, 5.74) is 1.93. The first-order chi connectivity index (χ1) is 9.46. The van der Waals surface area contributed by atoms with Crippen molar-refractivity contribution in [3.63, 3.8) is 0 Å². The molecule has 20 heavy (non-hydrogen) atoms. The molecule has 104 valence electrons. The van der Waals surface area contributed by atoms with Gasteiger partial charge in [-0.3, -0.25) is 0 Å². The summed E-state index contributed by atoms with van der Waals surface area (Å²) in [7, 11) is -1.67. The summed E-state index contributed by atoms with van der Waals surface area (Å²) >= 11 is 0. The van der Waals surface area contributed by atoms with Crippen LogP contribution in [0.25, 0.3) is 0 Å². The first-order valence-corrected chi connectivity index (χ1v) is 9.96. The van der Waals surface area contributed by atoms with Gasteiger partial charge in [-0.05, 0) is 44.3 Å². The summed E-state index contributed by atoms with van der Waals surface area (Å²) in [6.45, 7) is 8.49. The Kier molecular flexibility index (Phi) is 4.29. The Morgan fingerprint density at radius 3 is 2.45 bits per heavy atom. The minimum absolute atomic E-state index is 0.592. The van der Waals surface area contributed by atoms with Gasteiger partial charge in [-0.2, -0.15) is 0 Å². The zero-order valence-electron chi connectivity index (χ0n) is 12.3. The molecule has 0 unspecified atom stereocenters. The van der Waals surface area contributed by atoms with Crippen LogP contribution in [-0.2, 0) is 0 Å². The van der Waals surface area contributed by atoms with Crippen LogP contribution in [0.15, 0.2) is 41.7 Å². The number of hydrogen-bond acceptors (Lipinski definition) is 4. The van der Waals surface area contributed by atoms with E-state index in [1.54, 1.807) is 24.7 Å². The molecule has 5 heteroatoms. The maximum absolute atomic E-state index is 6.09. The first kappa shape index (κ1) is 14.4. The number of aryl methyl sites for hydroxylation is 1. The molecule has 1 heterocycles. The zero-order chi connectivity index (χ0) is 14.6. The fraction of sp³-hybridized carbons (Fsp3) is 0.267. The Labute approximate surface area is 120 Å². The Hall–Kier alpha value is -2.01. The van der Waals surface area contributed by atoms with Gasteiger partial charge < -0.3 is 4.43 Å². The van der Waals surface area contributed by atoms with Crippen molar-refractivity contribution in [1.29, 1.82) is 0 Å². The molecule has 2 aromatic rings. The van der Waals surface area contributed by atoms with Crippen LogP contribution in [0.2, 0.25) is 19.6 Å². The Balaban J connectivity index is 2.33. The zero-order valence-corrected chi connectivity index (χ0v) is 13.3. The molecule has 4 nitrogen and oxygen atoms in total. The molecule has 0 saturated heterocycles.